The first-order valence-corrected chi connectivity index (χ1v) is 8.59. The van der Waals surface area contributed by atoms with Crippen LogP contribution < -0.4 is 5.32 Å². The van der Waals surface area contributed by atoms with Gasteiger partial charge >= 0.3 is 0 Å². The number of aromatic amines is 1. The third kappa shape index (κ3) is 3.32. The van der Waals surface area contributed by atoms with E-state index >= 15 is 0 Å². The molecule has 0 saturated carbocycles. The number of nitrogens with one attached hydrogen (secondary N) is 2. The van der Waals surface area contributed by atoms with Crippen molar-refractivity contribution in [2.75, 3.05) is 13.7 Å². The number of aliphatic hydroxyl groups excluding tert-OH is 1. The molecule has 0 fully saturated rings. The van der Waals surface area contributed by atoms with Crippen LogP contribution in [-0.4, -0.2) is 45.7 Å². The molecule has 0 bridgehead atoms. The van der Waals surface area contributed by atoms with Crippen LogP contribution in [0.3, 0.4) is 0 Å². The molecule has 1 aliphatic rings. The van der Waals surface area contributed by atoms with Crippen molar-refractivity contribution in [3.8, 4) is 0 Å². The number of rotatable bonds is 4. The zero-order valence-corrected chi connectivity index (χ0v) is 14.8. The predicted molar refractivity (Wildman–Crippen MR) is 104 cm³/mol. The molecular formula is C20H19N5O2. The fourth-order valence-electron chi connectivity index (χ4n) is 3.01. The number of amides is 1. The Balaban J connectivity index is 1.61. The Kier molecular flexibility index (Phi) is 4.43. The molecule has 4 rings (SSSR count). The van der Waals surface area contributed by atoms with Gasteiger partial charge in [0, 0.05) is 12.4 Å². The zero-order valence-electron chi connectivity index (χ0n) is 14.8. The van der Waals surface area contributed by atoms with Crippen molar-refractivity contribution in [1.82, 2.24) is 20.4 Å². The highest BCUT2D eigenvalue weighted by molar-refractivity contribution is 6.13. The zero-order chi connectivity index (χ0) is 18.8. The maximum atomic E-state index is 12.6. The first-order chi connectivity index (χ1) is 13.2. The summed E-state index contributed by atoms with van der Waals surface area (Å²) in [5, 5.41) is 20.8. The van der Waals surface area contributed by atoms with Gasteiger partial charge in [-0.3, -0.25) is 14.8 Å². The van der Waals surface area contributed by atoms with Crippen molar-refractivity contribution in [2.24, 2.45) is 4.99 Å². The molecule has 0 spiro atoms. The molecule has 1 atom stereocenters. The second-order valence-corrected chi connectivity index (χ2v) is 6.34. The van der Waals surface area contributed by atoms with Crippen LogP contribution in [0.1, 0.15) is 17.2 Å². The van der Waals surface area contributed by atoms with Crippen LogP contribution in [-0.2, 0) is 4.79 Å². The fourth-order valence-corrected chi connectivity index (χ4v) is 3.01. The summed E-state index contributed by atoms with van der Waals surface area (Å²) in [6.07, 6.45) is 3.48. The Labute approximate surface area is 156 Å². The van der Waals surface area contributed by atoms with E-state index in [2.05, 4.69) is 20.5 Å². The van der Waals surface area contributed by atoms with Gasteiger partial charge in [0.15, 0.2) is 0 Å². The second-order valence-electron chi connectivity index (χ2n) is 6.34. The summed E-state index contributed by atoms with van der Waals surface area (Å²) in [4.78, 5) is 18.4. The highest BCUT2D eigenvalue weighted by Crippen LogP contribution is 2.21. The molecule has 1 aliphatic heterocycles. The highest BCUT2D eigenvalue weighted by Gasteiger charge is 2.28. The van der Waals surface area contributed by atoms with Crippen molar-refractivity contribution in [2.45, 2.75) is 6.04 Å². The third-order valence-corrected chi connectivity index (χ3v) is 4.52. The Morgan fingerprint density at radius 3 is 2.85 bits per heavy atom. The van der Waals surface area contributed by atoms with Gasteiger partial charge in [0.05, 0.1) is 24.4 Å². The number of benzene rings is 2. The maximum Gasteiger partial charge on any atom is 0.279 e. The average Bonchev–Trinajstić information content (AvgIpc) is 3.27. The minimum Gasteiger partial charge on any atom is -0.394 e. The number of carbonyl (C=O) groups is 1. The lowest BCUT2D eigenvalue weighted by atomic mass is 10.1. The molecule has 1 aromatic heterocycles. The summed E-state index contributed by atoms with van der Waals surface area (Å²) in [6.45, 7) is -0.110. The largest absolute Gasteiger partial charge is 0.394 e. The molecule has 7 nitrogen and oxygen atoms in total. The van der Waals surface area contributed by atoms with Gasteiger partial charge in [-0.15, -0.1) is 0 Å². The molecule has 3 N–H and O–H groups in total. The normalized spacial score (nSPS) is 16.8. The lowest BCUT2D eigenvalue weighted by molar-refractivity contribution is -0.121. The molecular weight excluding hydrogens is 342 g/mol. The molecule has 0 saturated heterocycles. The lowest BCUT2D eigenvalue weighted by Crippen LogP contribution is -2.41. The van der Waals surface area contributed by atoms with Gasteiger partial charge in [-0.1, -0.05) is 36.4 Å². The second kappa shape index (κ2) is 7.05. The number of hydrogen-bond acceptors (Lipinski definition) is 5. The summed E-state index contributed by atoms with van der Waals surface area (Å²) in [6, 6.07) is 15.0. The molecule has 27 heavy (non-hydrogen) atoms. The minimum absolute atomic E-state index is 0.110. The smallest absolute Gasteiger partial charge is 0.279 e. The van der Waals surface area contributed by atoms with Crippen LogP contribution in [0.2, 0.25) is 0 Å². The summed E-state index contributed by atoms with van der Waals surface area (Å²) in [5.74, 6) is 0.216. The quantitative estimate of drug-likeness (QED) is 0.620. The van der Waals surface area contributed by atoms with E-state index in [1.165, 1.54) is 4.90 Å². The summed E-state index contributed by atoms with van der Waals surface area (Å²) in [7, 11) is 1.66. The van der Waals surface area contributed by atoms with Crippen LogP contribution >= 0.6 is 0 Å². The van der Waals surface area contributed by atoms with Gasteiger partial charge in [0.25, 0.3) is 5.91 Å². The van der Waals surface area contributed by atoms with E-state index in [0.29, 0.717) is 11.7 Å². The van der Waals surface area contributed by atoms with E-state index in [-0.39, 0.29) is 18.6 Å². The number of aliphatic imine (C=N–C) groups is 1. The number of H-pyrrole nitrogens is 1. The van der Waals surface area contributed by atoms with Crippen LogP contribution in [0.4, 0.5) is 0 Å². The number of hydrogen-bond donors (Lipinski definition) is 3. The van der Waals surface area contributed by atoms with E-state index in [9.17, 15) is 9.90 Å². The minimum atomic E-state index is -0.346. The van der Waals surface area contributed by atoms with Gasteiger partial charge in [0.1, 0.15) is 5.70 Å². The van der Waals surface area contributed by atoms with Crippen molar-refractivity contribution in [3.05, 3.63) is 71.6 Å². The molecule has 7 heteroatoms. The predicted octanol–water partition coefficient (Wildman–Crippen LogP) is 2.05. The van der Waals surface area contributed by atoms with Crippen LogP contribution in [0.5, 0.6) is 0 Å². The molecule has 1 unspecified atom stereocenters. The number of guanidine groups is 1. The molecule has 136 valence electrons. The van der Waals surface area contributed by atoms with Crippen LogP contribution in [0.15, 0.2) is 65.4 Å². The Morgan fingerprint density at radius 2 is 2.07 bits per heavy atom. The Hall–Kier alpha value is -3.45. The molecule has 3 aromatic rings. The topological polar surface area (TPSA) is 93.6 Å². The number of aromatic nitrogens is 2. The average molecular weight is 361 g/mol. The number of aliphatic hydroxyl groups is 1. The van der Waals surface area contributed by atoms with E-state index in [0.717, 1.165) is 22.0 Å². The third-order valence-electron chi connectivity index (χ3n) is 4.52. The summed E-state index contributed by atoms with van der Waals surface area (Å²) < 4.78 is 0. The van der Waals surface area contributed by atoms with Gasteiger partial charge in [-0.25, -0.2) is 4.99 Å². The lowest BCUT2D eigenvalue weighted by Gasteiger charge is -2.20. The van der Waals surface area contributed by atoms with E-state index in [1.54, 1.807) is 19.3 Å². The number of nitrogens with zero attached hydrogens (tertiary/aromatic N) is 3. The van der Waals surface area contributed by atoms with Gasteiger partial charge in [-0.2, -0.15) is 5.10 Å². The molecule has 1 amide bonds. The maximum absolute atomic E-state index is 12.6. The standard InChI is InChI=1S/C20H19N5O2/c1-25-19(27)17(10-13-7-8-16-15(9-13)11-21-24-16)22-20(25)23-18(12-26)14-5-3-2-4-6-14/h2-11,18,26H,12H2,1H3,(H,21,24)(H,22,23)/b17-10-. The molecule has 2 aromatic carbocycles. The molecule has 2 heterocycles. The number of fused-ring (bicyclic) bond motifs is 1. The Bertz CT molecular complexity index is 1040. The molecule has 0 radical (unpaired) electrons. The van der Waals surface area contributed by atoms with Crippen molar-refractivity contribution in [3.63, 3.8) is 0 Å². The SMILES string of the molecule is CN1C(=O)/C(=C/c2ccc3[nH]ncc3c2)N=C1NC(CO)c1ccccc1. The summed E-state index contributed by atoms with van der Waals surface area (Å²) >= 11 is 0. The summed E-state index contributed by atoms with van der Waals surface area (Å²) in [5.41, 5.74) is 3.07. The van der Waals surface area contributed by atoms with Gasteiger partial charge in [0.2, 0.25) is 5.96 Å². The fraction of sp³-hybridized carbons (Fsp3) is 0.150. The van der Waals surface area contributed by atoms with Crippen molar-refractivity contribution < 1.29 is 9.90 Å². The van der Waals surface area contributed by atoms with Crippen molar-refractivity contribution in [1.29, 1.82) is 0 Å². The van der Waals surface area contributed by atoms with E-state index in [1.807, 2.05) is 48.5 Å². The number of carbonyl (C=O) groups excluding carboxylic acids is 1. The van der Waals surface area contributed by atoms with Gasteiger partial charge < -0.3 is 10.4 Å². The highest BCUT2D eigenvalue weighted by atomic mass is 16.3. The number of likely N-dealkylation sites (N-methyl/N-ethyl adjacent to an activating group) is 1. The monoisotopic (exact) mass is 361 g/mol. The van der Waals surface area contributed by atoms with E-state index < -0.39 is 0 Å². The first-order valence-electron chi connectivity index (χ1n) is 8.59. The van der Waals surface area contributed by atoms with Crippen LogP contribution in [0, 0.1) is 0 Å². The Morgan fingerprint density at radius 1 is 1.26 bits per heavy atom. The van der Waals surface area contributed by atoms with Gasteiger partial charge in [-0.05, 0) is 29.3 Å². The van der Waals surface area contributed by atoms with E-state index in [4.69, 9.17) is 0 Å². The van der Waals surface area contributed by atoms with Crippen LogP contribution in [0.25, 0.3) is 17.0 Å². The first kappa shape index (κ1) is 17.0. The molecule has 0 aliphatic carbocycles. The van der Waals surface area contributed by atoms with Crippen molar-refractivity contribution >= 4 is 28.8 Å².